The van der Waals surface area contributed by atoms with E-state index in [2.05, 4.69) is 15.6 Å². The fourth-order valence-electron chi connectivity index (χ4n) is 4.96. The highest BCUT2D eigenvalue weighted by molar-refractivity contribution is 6.07. The van der Waals surface area contributed by atoms with E-state index in [9.17, 15) is 14.4 Å². The Labute approximate surface area is 199 Å². The number of nitrogens with zero attached hydrogens (tertiary/aromatic N) is 3. The summed E-state index contributed by atoms with van der Waals surface area (Å²) in [4.78, 5) is 45.6. The zero-order valence-electron chi connectivity index (χ0n) is 20.1. The number of rotatable bonds is 8. The molecule has 34 heavy (non-hydrogen) atoms. The molecule has 0 bridgehead atoms. The second kappa shape index (κ2) is 9.87. The number of ether oxygens (including phenoxy) is 1. The van der Waals surface area contributed by atoms with E-state index in [1.807, 2.05) is 38.1 Å². The second-order valence-electron chi connectivity index (χ2n) is 9.07. The molecule has 1 unspecified atom stereocenters. The number of likely N-dealkylation sites (N-methyl/N-ethyl adjacent to an activating group) is 1. The van der Waals surface area contributed by atoms with Crippen LogP contribution in [0.3, 0.4) is 0 Å². The van der Waals surface area contributed by atoms with Gasteiger partial charge in [-0.25, -0.2) is 4.98 Å². The third-order valence-electron chi connectivity index (χ3n) is 6.78. The number of fused-ring (bicyclic) bond motifs is 1. The number of para-hydroxylation sites is 1. The lowest BCUT2D eigenvalue weighted by atomic mass is 9.94. The molecule has 2 aromatic rings. The van der Waals surface area contributed by atoms with Crippen molar-refractivity contribution in [2.24, 2.45) is 0 Å². The molecule has 1 atom stereocenters. The Balaban J connectivity index is 1.53. The molecule has 2 aliphatic rings. The van der Waals surface area contributed by atoms with Crippen LogP contribution in [-0.4, -0.2) is 56.9 Å². The molecule has 2 heterocycles. The van der Waals surface area contributed by atoms with Gasteiger partial charge in [0.05, 0.1) is 19.5 Å². The van der Waals surface area contributed by atoms with Gasteiger partial charge in [0.25, 0.3) is 11.8 Å². The van der Waals surface area contributed by atoms with Gasteiger partial charge >= 0.3 is 0 Å². The van der Waals surface area contributed by atoms with E-state index in [1.54, 1.807) is 16.4 Å². The lowest BCUT2D eigenvalue weighted by molar-refractivity contribution is -0.133. The summed E-state index contributed by atoms with van der Waals surface area (Å²) in [6.07, 6.45) is 5.63. The minimum atomic E-state index is -1.05. The van der Waals surface area contributed by atoms with Gasteiger partial charge in [0, 0.05) is 24.7 Å². The van der Waals surface area contributed by atoms with Crippen LogP contribution >= 0.6 is 0 Å². The summed E-state index contributed by atoms with van der Waals surface area (Å²) in [7, 11) is 0. The maximum absolute atomic E-state index is 13.5. The number of aromatic nitrogens is 2. The molecule has 9 heteroatoms. The zero-order valence-corrected chi connectivity index (χ0v) is 20.1. The van der Waals surface area contributed by atoms with Gasteiger partial charge in [-0.1, -0.05) is 31.0 Å². The molecular formula is C25H33N5O4. The molecule has 4 rings (SSSR count). The van der Waals surface area contributed by atoms with Gasteiger partial charge in [0.2, 0.25) is 5.91 Å². The number of carbonyl (C=O) groups is 3. The Morgan fingerprint density at radius 2 is 1.94 bits per heavy atom. The van der Waals surface area contributed by atoms with Gasteiger partial charge in [0.15, 0.2) is 5.69 Å². The van der Waals surface area contributed by atoms with Crippen molar-refractivity contribution < 1.29 is 19.1 Å². The second-order valence-corrected chi connectivity index (χ2v) is 9.07. The van der Waals surface area contributed by atoms with Gasteiger partial charge < -0.3 is 24.8 Å². The third kappa shape index (κ3) is 4.38. The summed E-state index contributed by atoms with van der Waals surface area (Å²) in [5, 5.41) is 5.98. The molecule has 1 aliphatic heterocycles. The first-order valence-electron chi connectivity index (χ1n) is 12.1. The first kappa shape index (κ1) is 23.8. The Hall–Kier alpha value is -3.36. The molecule has 2 N–H and O–H groups in total. The maximum atomic E-state index is 13.5. The minimum Gasteiger partial charge on any atom is -0.494 e. The molecule has 1 aromatic heterocycles. The number of carbonyl (C=O) groups excluding carboxylic acids is 3. The van der Waals surface area contributed by atoms with Gasteiger partial charge in [-0.05, 0) is 39.7 Å². The number of benzene rings is 1. The van der Waals surface area contributed by atoms with Crippen LogP contribution in [0.4, 0.5) is 0 Å². The fraction of sp³-hybridized carbons (Fsp3) is 0.520. The fourth-order valence-corrected chi connectivity index (χ4v) is 4.96. The molecular weight excluding hydrogens is 434 g/mol. The van der Waals surface area contributed by atoms with E-state index >= 15 is 0 Å². The summed E-state index contributed by atoms with van der Waals surface area (Å²) < 4.78 is 7.25. The predicted octanol–water partition coefficient (Wildman–Crippen LogP) is 2.50. The van der Waals surface area contributed by atoms with Crippen molar-refractivity contribution in [3.63, 3.8) is 0 Å². The summed E-state index contributed by atoms with van der Waals surface area (Å²) in [5.74, 6) is -0.263. The topological polar surface area (TPSA) is 106 Å². The highest BCUT2D eigenvalue weighted by Gasteiger charge is 2.48. The summed E-state index contributed by atoms with van der Waals surface area (Å²) in [6, 6.07) is 7.64. The Morgan fingerprint density at radius 1 is 1.21 bits per heavy atom. The van der Waals surface area contributed by atoms with Gasteiger partial charge in [-0.3, -0.25) is 14.4 Å². The van der Waals surface area contributed by atoms with Crippen LogP contribution in [0.1, 0.15) is 73.0 Å². The average Bonchev–Trinajstić information content (AvgIpc) is 3.48. The Kier molecular flexibility index (Phi) is 6.90. The molecule has 0 saturated heterocycles. The quantitative estimate of drug-likeness (QED) is 0.621. The van der Waals surface area contributed by atoms with Crippen molar-refractivity contribution in [1.29, 1.82) is 0 Å². The van der Waals surface area contributed by atoms with E-state index in [0.29, 0.717) is 18.9 Å². The maximum Gasteiger partial charge on any atom is 0.273 e. The largest absolute Gasteiger partial charge is 0.494 e. The van der Waals surface area contributed by atoms with Crippen LogP contribution < -0.4 is 15.4 Å². The molecule has 0 spiro atoms. The third-order valence-corrected chi connectivity index (χ3v) is 6.78. The van der Waals surface area contributed by atoms with Gasteiger partial charge in [0.1, 0.15) is 17.0 Å². The molecule has 1 saturated carbocycles. The van der Waals surface area contributed by atoms with Crippen LogP contribution in [0.15, 0.2) is 30.6 Å². The monoisotopic (exact) mass is 467 g/mol. The molecule has 3 amide bonds. The Bertz CT molecular complexity index is 1080. The van der Waals surface area contributed by atoms with E-state index < -0.39 is 11.4 Å². The molecule has 1 aliphatic carbocycles. The van der Waals surface area contributed by atoms with E-state index in [4.69, 9.17) is 4.74 Å². The SMILES string of the molecule is CCOc1ccccc1CNC(=O)c1ncn2c1C(=O)N(CC)C(C)(C(=O)NC1CCCC1)C2. The lowest BCUT2D eigenvalue weighted by Gasteiger charge is -2.43. The smallest absolute Gasteiger partial charge is 0.273 e. The first-order chi connectivity index (χ1) is 16.4. The normalized spacial score (nSPS) is 20.2. The van der Waals surface area contributed by atoms with Crippen molar-refractivity contribution >= 4 is 17.7 Å². The number of hydrogen-bond donors (Lipinski definition) is 2. The van der Waals surface area contributed by atoms with Crippen LogP contribution in [0, 0.1) is 0 Å². The number of imidazole rings is 1. The number of nitrogens with one attached hydrogen (secondary N) is 2. The van der Waals surface area contributed by atoms with Crippen molar-refractivity contribution in [2.45, 2.75) is 71.1 Å². The summed E-state index contributed by atoms with van der Waals surface area (Å²) >= 11 is 0. The molecule has 1 aromatic carbocycles. The highest BCUT2D eigenvalue weighted by Crippen LogP contribution is 2.30. The number of amides is 3. The summed E-state index contributed by atoms with van der Waals surface area (Å²) in [5.41, 5.74) is 0.0642. The number of hydrogen-bond acceptors (Lipinski definition) is 5. The van der Waals surface area contributed by atoms with Gasteiger partial charge in [-0.15, -0.1) is 0 Å². The predicted molar refractivity (Wildman–Crippen MR) is 127 cm³/mol. The average molecular weight is 468 g/mol. The molecule has 182 valence electrons. The van der Waals surface area contributed by atoms with Crippen LogP contribution in [0.25, 0.3) is 0 Å². The minimum absolute atomic E-state index is 0.0654. The zero-order chi connectivity index (χ0) is 24.3. The van der Waals surface area contributed by atoms with Crippen molar-refractivity contribution in [3.8, 4) is 5.75 Å². The van der Waals surface area contributed by atoms with Crippen molar-refractivity contribution in [3.05, 3.63) is 47.5 Å². The lowest BCUT2D eigenvalue weighted by Crippen LogP contribution is -2.64. The van der Waals surface area contributed by atoms with E-state index in [0.717, 1.165) is 31.2 Å². The Morgan fingerprint density at radius 3 is 2.65 bits per heavy atom. The first-order valence-corrected chi connectivity index (χ1v) is 12.1. The standard InChI is InChI=1S/C25H33N5O4/c1-4-30-23(32)21-20(22(31)26-14-17-10-6-9-13-19(17)34-5-2)27-16-29(21)15-25(30,3)24(33)28-18-11-7-8-12-18/h6,9-10,13,16,18H,4-5,7-8,11-12,14-15H2,1-3H3,(H,26,31)(H,28,33). The van der Waals surface area contributed by atoms with Crippen molar-refractivity contribution in [2.75, 3.05) is 13.2 Å². The highest BCUT2D eigenvalue weighted by atomic mass is 16.5. The molecule has 9 nitrogen and oxygen atoms in total. The van der Waals surface area contributed by atoms with Crippen LogP contribution in [0.2, 0.25) is 0 Å². The summed E-state index contributed by atoms with van der Waals surface area (Å²) in [6.45, 7) is 6.89. The van der Waals surface area contributed by atoms with Crippen molar-refractivity contribution in [1.82, 2.24) is 25.1 Å². The van der Waals surface area contributed by atoms with Crippen LogP contribution in [0.5, 0.6) is 5.75 Å². The molecule has 1 fully saturated rings. The van der Waals surface area contributed by atoms with E-state index in [1.165, 1.54) is 6.33 Å². The van der Waals surface area contributed by atoms with Crippen LogP contribution in [-0.2, 0) is 17.9 Å². The van der Waals surface area contributed by atoms with Gasteiger partial charge in [-0.2, -0.15) is 0 Å². The van der Waals surface area contributed by atoms with E-state index in [-0.39, 0.29) is 42.3 Å². The molecule has 0 radical (unpaired) electrons.